The van der Waals surface area contributed by atoms with Gasteiger partial charge in [0.25, 0.3) is 5.91 Å². The average Bonchev–Trinajstić information content (AvgIpc) is 2.71. The van der Waals surface area contributed by atoms with Gasteiger partial charge in [0.05, 0.1) is 11.3 Å². The molecule has 0 aliphatic carbocycles. The number of aromatic nitrogens is 1. The van der Waals surface area contributed by atoms with Gasteiger partial charge in [0, 0.05) is 12.6 Å². The predicted molar refractivity (Wildman–Crippen MR) is 76.8 cm³/mol. The van der Waals surface area contributed by atoms with Crippen molar-refractivity contribution in [1.29, 1.82) is 0 Å². The highest BCUT2D eigenvalue weighted by Gasteiger charge is 2.18. The summed E-state index contributed by atoms with van der Waals surface area (Å²) in [6, 6.07) is 3.17. The Morgan fingerprint density at radius 3 is 2.33 bits per heavy atom. The van der Waals surface area contributed by atoms with E-state index < -0.39 is 11.9 Å². The summed E-state index contributed by atoms with van der Waals surface area (Å²) >= 11 is 0. The minimum Gasteiger partial charge on any atom is -0.478 e. The lowest BCUT2D eigenvalue weighted by Gasteiger charge is -2.10. The van der Waals surface area contributed by atoms with E-state index in [9.17, 15) is 9.59 Å². The van der Waals surface area contributed by atoms with Gasteiger partial charge in [0.2, 0.25) is 5.76 Å². The second kappa shape index (κ2) is 5.40. The van der Waals surface area contributed by atoms with Crippen LogP contribution in [0, 0.1) is 27.7 Å². The van der Waals surface area contributed by atoms with Gasteiger partial charge in [-0.2, -0.15) is 0 Å². The molecule has 0 spiro atoms. The maximum absolute atomic E-state index is 12.2. The summed E-state index contributed by atoms with van der Waals surface area (Å²) in [4.78, 5) is 27.4. The van der Waals surface area contributed by atoms with Crippen LogP contribution in [-0.4, -0.2) is 22.0 Å². The number of anilines is 1. The Bertz CT molecular complexity index is 732. The van der Waals surface area contributed by atoms with E-state index in [1.54, 1.807) is 33.8 Å². The number of hydrogen-bond acceptors (Lipinski definition) is 4. The molecule has 0 bridgehead atoms. The molecular weight excluding hydrogens is 272 g/mol. The fraction of sp³-hybridized carbons (Fsp3) is 0.267. The van der Waals surface area contributed by atoms with Crippen molar-refractivity contribution in [3.8, 4) is 0 Å². The first-order valence-electron chi connectivity index (χ1n) is 6.39. The molecule has 1 heterocycles. The van der Waals surface area contributed by atoms with Gasteiger partial charge >= 0.3 is 5.97 Å². The molecule has 1 amide bonds. The van der Waals surface area contributed by atoms with Gasteiger partial charge in [-0.05, 0) is 38.0 Å². The van der Waals surface area contributed by atoms with Gasteiger partial charge in [0.15, 0.2) is 5.89 Å². The Morgan fingerprint density at radius 1 is 1.14 bits per heavy atom. The summed E-state index contributed by atoms with van der Waals surface area (Å²) in [6.07, 6.45) is 0. The highest BCUT2D eigenvalue weighted by Crippen LogP contribution is 2.22. The maximum Gasteiger partial charge on any atom is 0.336 e. The minimum absolute atomic E-state index is 0.129. The molecule has 0 saturated heterocycles. The number of aromatic carboxylic acids is 1. The normalized spacial score (nSPS) is 10.5. The van der Waals surface area contributed by atoms with E-state index in [1.807, 2.05) is 0 Å². The van der Waals surface area contributed by atoms with Crippen molar-refractivity contribution >= 4 is 17.6 Å². The molecule has 2 aromatic rings. The SMILES string of the molecule is Cc1nc(C)c(C(=O)Nc2cc(C(=O)O)c(C)cc2C)o1. The van der Waals surface area contributed by atoms with Crippen molar-refractivity contribution in [2.24, 2.45) is 0 Å². The van der Waals surface area contributed by atoms with E-state index in [1.165, 1.54) is 6.07 Å². The summed E-state index contributed by atoms with van der Waals surface area (Å²) in [5.41, 5.74) is 2.51. The molecule has 1 aromatic carbocycles. The smallest absolute Gasteiger partial charge is 0.336 e. The summed E-state index contributed by atoms with van der Waals surface area (Å²) in [5, 5.41) is 11.8. The van der Waals surface area contributed by atoms with Gasteiger partial charge < -0.3 is 14.8 Å². The van der Waals surface area contributed by atoms with Gasteiger partial charge in [-0.25, -0.2) is 9.78 Å². The topological polar surface area (TPSA) is 92.4 Å². The standard InChI is InChI=1S/C15H16N2O4/c1-7-5-8(2)12(6-11(7)15(19)20)17-14(18)13-9(3)16-10(4)21-13/h5-6H,1-4H3,(H,17,18)(H,19,20). The number of nitrogens with one attached hydrogen (secondary N) is 1. The number of carbonyl (C=O) groups is 2. The molecule has 6 heteroatoms. The molecule has 0 saturated carbocycles. The van der Waals surface area contributed by atoms with Crippen molar-refractivity contribution in [1.82, 2.24) is 4.98 Å². The molecular formula is C15H16N2O4. The van der Waals surface area contributed by atoms with Gasteiger partial charge in [-0.15, -0.1) is 0 Å². The summed E-state index contributed by atoms with van der Waals surface area (Å²) in [6.45, 7) is 6.85. The van der Waals surface area contributed by atoms with Crippen LogP contribution in [0.2, 0.25) is 0 Å². The molecule has 0 aliphatic rings. The first-order chi connectivity index (χ1) is 9.79. The number of hydrogen-bond donors (Lipinski definition) is 2. The molecule has 2 rings (SSSR count). The number of carboxylic acid groups (broad SMARTS) is 1. The highest BCUT2D eigenvalue weighted by atomic mass is 16.4. The second-order valence-corrected chi connectivity index (χ2v) is 4.89. The lowest BCUT2D eigenvalue weighted by Crippen LogP contribution is -2.14. The van der Waals surface area contributed by atoms with Gasteiger partial charge in [-0.1, -0.05) is 6.07 Å². The van der Waals surface area contributed by atoms with Crippen LogP contribution in [0.4, 0.5) is 5.69 Å². The van der Waals surface area contributed by atoms with Crippen LogP contribution in [0.1, 0.15) is 43.6 Å². The van der Waals surface area contributed by atoms with E-state index in [-0.39, 0.29) is 11.3 Å². The lowest BCUT2D eigenvalue weighted by molar-refractivity contribution is 0.0695. The molecule has 110 valence electrons. The number of aryl methyl sites for hydroxylation is 4. The van der Waals surface area contributed by atoms with E-state index >= 15 is 0 Å². The van der Waals surface area contributed by atoms with E-state index in [2.05, 4.69) is 10.3 Å². The van der Waals surface area contributed by atoms with Crippen molar-refractivity contribution in [2.75, 3.05) is 5.32 Å². The third kappa shape index (κ3) is 2.94. The number of carboxylic acids is 1. The monoisotopic (exact) mass is 288 g/mol. The van der Waals surface area contributed by atoms with Crippen molar-refractivity contribution in [3.63, 3.8) is 0 Å². The molecule has 0 radical (unpaired) electrons. The van der Waals surface area contributed by atoms with E-state index in [4.69, 9.17) is 9.52 Å². The number of amides is 1. The number of carbonyl (C=O) groups excluding carboxylic acids is 1. The molecule has 1 aromatic heterocycles. The Balaban J connectivity index is 2.35. The predicted octanol–water partition coefficient (Wildman–Crippen LogP) is 2.86. The fourth-order valence-corrected chi connectivity index (χ4v) is 2.14. The molecule has 21 heavy (non-hydrogen) atoms. The van der Waals surface area contributed by atoms with Crippen molar-refractivity contribution in [2.45, 2.75) is 27.7 Å². The van der Waals surface area contributed by atoms with Gasteiger partial charge in [-0.3, -0.25) is 4.79 Å². The number of benzene rings is 1. The number of rotatable bonds is 3. The lowest BCUT2D eigenvalue weighted by atomic mass is 10.0. The Morgan fingerprint density at radius 2 is 1.81 bits per heavy atom. The third-order valence-electron chi connectivity index (χ3n) is 3.16. The first-order valence-corrected chi connectivity index (χ1v) is 6.39. The highest BCUT2D eigenvalue weighted by molar-refractivity contribution is 6.04. The van der Waals surface area contributed by atoms with E-state index in [0.717, 1.165) is 5.56 Å². The summed E-state index contributed by atoms with van der Waals surface area (Å²) in [5.74, 6) is -0.945. The molecule has 0 atom stereocenters. The summed E-state index contributed by atoms with van der Waals surface area (Å²) in [7, 11) is 0. The zero-order valence-corrected chi connectivity index (χ0v) is 12.3. The van der Waals surface area contributed by atoms with Crippen LogP contribution < -0.4 is 5.32 Å². The molecule has 2 N–H and O–H groups in total. The first kappa shape index (κ1) is 14.8. The molecule has 0 unspecified atom stereocenters. The fourth-order valence-electron chi connectivity index (χ4n) is 2.14. The second-order valence-electron chi connectivity index (χ2n) is 4.89. The largest absolute Gasteiger partial charge is 0.478 e. The third-order valence-corrected chi connectivity index (χ3v) is 3.16. The Hall–Kier alpha value is -2.63. The Labute approximate surface area is 121 Å². The summed E-state index contributed by atoms with van der Waals surface area (Å²) < 4.78 is 5.25. The molecule has 0 aliphatic heterocycles. The van der Waals surface area contributed by atoms with Crippen LogP contribution in [0.25, 0.3) is 0 Å². The quantitative estimate of drug-likeness (QED) is 0.906. The van der Waals surface area contributed by atoms with Crippen molar-refractivity contribution < 1.29 is 19.1 Å². The number of oxazole rings is 1. The maximum atomic E-state index is 12.2. The zero-order valence-electron chi connectivity index (χ0n) is 12.3. The molecule has 6 nitrogen and oxygen atoms in total. The van der Waals surface area contributed by atoms with Crippen LogP contribution in [0.15, 0.2) is 16.5 Å². The van der Waals surface area contributed by atoms with Gasteiger partial charge in [0.1, 0.15) is 0 Å². The van der Waals surface area contributed by atoms with Crippen LogP contribution in [0.5, 0.6) is 0 Å². The Kier molecular flexibility index (Phi) is 3.80. The zero-order chi connectivity index (χ0) is 15.7. The molecule has 0 fully saturated rings. The van der Waals surface area contributed by atoms with Crippen molar-refractivity contribution in [3.05, 3.63) is 46.2 Å². The van der Waals surface area contributed by atoms with Crippen LogP contribution >= 0.6 is 0 Å². The van der Waals surface area contributed by atoms with Crippen LogP contribution in [-0.2, 0) is 0 Å². The van der Waals surface area contributed by atoms with E-state index in [0.29, 0.717) is 22.8 Å². The number of nitrogens with zero attached hydrogens (tertiary/aromatic N) is 1. The minimum atomic E-state index is -1.03. The average molecular weight is 288 g/mol. The van der Waals surface area contributed by atoms with Crippen LogP contribution in [0.3, 0.4) is 0 Å².